The van der Waals surface area contributed by atoms with Gasteiger partial charge in [0, 0.05) is 22.3 Å². The van der Waals surface area contributed by atoms with E-state index in [1.165, 1.54) is 21.0 Å². The van der Waals surface area contributed by atoms with Gasteiger partial charge in [-0.2, -0.15) is 0 Å². The van der Waals surface area contributed by atoms with Crippen LogP contribution in [-0.4, -0.2) is 42.5 Å². The minimum Gasteiger partial charge on any atom is -0.479 e. The van der Waals surface area contributed by atoms with Gasteiger partial charge in [0.1, 0.15) is 12.4 Å². The van der Waals surface area contributed by atoms with E-state index in [9.17, 15) is 23.1 Å². The number of carbonyl (C=O) groups is 1. The van der Waals surface area contributed by atoms with Gasteiger partial charge >= 0.3 is 5.97 Å². The van der Waals surface area contributed by atoms with Crippen LogP contribution in [0.3, 0.4) is 0 Å². The van der Waals surface area contributed by atoms with Crippen LogP contribution in [0, 0.1) is 19.7 Å². The van der Waals surface area contributed by atoms with Gasteiger partial charge in [-0.3, -0.25) is 13.7 Å². The molecule has 1 aromatic heterocycles. The van der Waals surface area contributed by atoms with Crippen molar-refractivity contribution in [3.05, 3.63) is 68.8 Å². The molecule has 3 heterocycles. The summed E-state index contributed by atoms with van der Waals surface area (Å²) in [5.74, 6) is -1.47. The molecule has 5 rings (SSSR count). The molecule has 9 nitrogen and oxygen atoms in total. The molecule has 2 aromatic carbocycles. The van der Waals surface area contributed by atoms with E-state index in [0.29, 0.717) is 35.7 Å². The summed E-state index contributed by atoms with van der Waals surface area (Å²) in [5, 5.41) is 10.4. The van der Waals surface area contributed by atoms with E-state index < -0.39 is 39.1 Å². The lowest BCUT2D eigenvalue weighted by Crippen LogP contribution is -2.35. The number of aromatic nitrogens is 1. The summed E-state index contributed by atoms with van der Waals surface area (Å²) in [7, 11) is -3.89. The SMILES string of the molecule is Cc1c(-c2ccc3n(c2=O)CCO3)c([C@H](OC(C)(C)C)C(=O)O)c(C)c2c1-c1c(F)cccc1CN2S(C)(=O)=O. The summed E-state index contributed by atoms with van der Waals surface area (Å²) in [6.07, 6.45) is -0.507. The van der Waals surface area contributed by atoms with E-state index in [-0.39, 0.29) is 40.0 Å². The molecule has 2 aliphatic heterocycles. The molecule has 0 unspecified atom stereocenters. The van der Waals surface area contributed by atoms with Crippen molar-refractivity contribution in [1.82, 2.24) is 4.57 Å². The number of hydrogen-bond donors (Lipinski definition) is 1. The van der Waals surface area contributed by atoms with Gasteiger partial charge in [-0.05, 0) is 75.1 Å². The Morgan fingerprint density at radius 2 is 1.80 bits per heavy atom. The monoisotopic (exact) mass is 570 g/mol. The van der Waals surface area contributed by atoms with E-state index >= 15 is 4.39 Å². The third-order valence-corrected chi connectivity index (χ3v) is 8.37. The topological polar surface area (TPSA) is 115 Å². The molecule has 0 amide bonds. The molecule has 0 spiro atoms. The number of anilines is 1. The lowest BCUT2D eigenvalue weighted by Gasteiger charge is -2.37. The van der Waals surface area contributed by atoms with Gasteiger partial charge in [0.05, 0.1) is 30.6 Å². The summed E-state index contributed by atoms with van der Waals surface area (Å²) in [6.45, 7) is 8.88. The predicted molar refractivity (Wildman–Crippen MR) is 149 cm³/mol. The molecule has 0 bridgehead atoms. The van der Waals surface area contributed by atoms with E-state index in [4.69, 9.17) is 9.47 Å². The quantitative estimate of drug-likeness (QED) is 0.479. The largest absolute Gasteiger partial charge is 0.479 e. The molecule has 1 N–H and O–H groups in total. The van der Waals surface area contributed by atoms with Crippen LogP contribution in [0.25, 0.3) is 22.3 Å². The Morgan fingerprint density at radius 3 is 2.42 bits per heavy atom. The zero-order valence-electron chi connectivity index (χ0n) is 23.2. The molecule has 212 valence electrons. The lowest BCUT2D eigenvalue weighted by atomic mass is 9.80. The normalized spacial score (nSPS) is 15.2. The van der Waals surface area contributed by atoms with E-state index in [1.807, 2.05) is 0 Å². The highest BCUT2D eigenvalue weighted by atomic mass is 32.2. The van der Waals surface area contributed by atoms with Crippen molar-refractivity contribution in [2.45, 2.75) is 59.4 Å². The number of carboxylic acid groups (broad SMARTS) is 1. The van der Waals surface area contributed by atoms with Crippen LogP contribution in [-0.2, 0) is 32.6 Å². The minimum atomic E-state index is -3.89. The first-order chi connectivity index (χ1) is 18.6. The number of halogens is 1. The maximum Gasteiger partial charge on any atom is 0.337 e. The number of rotatable bonds is 5. The van der Waals surface area contributed by atoms with Crippen LogP contribution < -0.4 is 14.6 Å². The number of sulfonamides is 1. The molecule has 11 heteroatoms. The van der Waals surface area contributed by atoms with Crippen molar-refractivity contribution < 1.29 is 32.2 Å². The molecular weight excluding hydrogens is 539 g/mol. The second-order valence-electron chi connectivity index (χ2n) is 11.1. The Hall–Kier alpha value is -3.70. The average molecular weight is 571 g/mol. The van der Waals surface area contributed by atoms with E-state index in [1.54, 1.807) is 52.8 Å². The first-order valence-electron chi connectivity index (χ1n) is 12.8. The van der Waals surface area contributed by atoms with Gasteiger partial charge in [-0.15, -0.1) is 0 Å². The number of carboxylic acids is 1. The molecule has 0 saturated heterocycles. The number of hydrogen-bond acceptors (Lipinski definition) is 6. The van der Waals surface area contributed by atoms with Crippen LogP contribution in [0.4, 0.5) is 10.1 Å². The Kier molecular flexibility index (Phi) is 6.58. The first-order valence-corrected chi connectivity index (χ1v) is 14.7. The molecule has 2 aliphatic rings. The van der Waals surface area contributed by atoms with Crippen LogP contribution in [0.1, 0.15) is 49.1 Å². The van der Waals surface area contributed by atoms with Crippen molar-refractivity contribution in [1.29, 1.82) is 0 Å². The Balaban J connectivity index is 1.99. The molecular formula is C29H31FN2O7S. The number of nitrogens with zero attached hydrogens (tertiary/aromatic N) is 2. The summed E-state index contributed by atoms with van der Waals surface area (Å²) >= 11 is 0. The minimum absolute atomic E-state index is 0.130. The first kappa shape index (κ1) is 27.9. The van der Waals surface area contributed by atoms with Crippen molar-refractivity contribution >= 4 is 21.7 Å². The smallest absolute Gasteiger partial charge is 0.337 e. The molecule has 1 atom stereocenters. The molecule has 3 aromatic rings. The summed E-state index contributed by atoms with van der Waals surface area (Å²) in [6, 6.07) is 7.67. The van der Waals surface area contributed by atoms with Gasteiger partial charge in [0.2, 0.25) is 10.0 Å². The standard InChI is InChI=1S/C29H31FN2O7S/c1-15-21(18-10-11-20-31(27(18)33)12-13-38-20)23(26(28(34)35)39-29(3,4)5)16(2)25-22(15)24-17(8-7-9-19(24)30)14-32(25)40(6,36)37/h7-11,26H,12-14H2,1-6H3,(H,34,35)/t26-/m0/s1. The summed E-state index contributed by atoms with van der Waals surface area (Å²) in [4.78, 5) is 26.5. The van der Waals surface area contributed by atoms with Gasteiger partial charge < -0.3 is 14.6 Å². The Morgan fingerprint density at radius 1 is 1.10 bits per heavy atom. The van der Waals surface area contributed by atoms with Crippen molar-refractivity contribution in [2.24, 2.45) is 0 Å². The van der Waals surface area contributed by atoms with Gasteiger partial charge in [0.15, 0.2) is 12.0 Å². The van der Waals surface area contributed by atoms with Crippen LogP contribution in [0.5, 0.6) is 5.88 Å². The predicted octanol–water partition coefficient (Wildman–Crippen LogP) is 4.55. The van der Waals surface area contributed by atoms with Crippen LogP contribution in [0.15, 0.2) is 35.1 Å². The third-order valence-electron chi connectivity index (χ3n) is 7.26. The van der Waals surface area contributed by atoms with Crippen molar-refractivity contribution in [2.75, 3.05) is 17.2 Å². The second-order valence-corrected chi connectivity index (χ2v) is 13.1. The zero-order valence-corrected chi connectivity index (χ0v) is 24.0. The second kappa shape index (κ2) is 9.45. The lowest BCUT2D eigenvalue weighted by molar-refractivity contribution is -0.160. The Bertz CT molecular complexity index is 1740. The summed E-state index contributed by atoms with van der Waals surface area (Å²) in [5.41, 5.74) is 1.07. The van der Waals surface area contributed by atoms with E-state index in [0.717, 1.165) is 6.26 Å². The maximum absolute atomic E-state index is 15.5. The van der Waals surface area contributed by atoms with Gasteiger partial charge in [0.25, 0.3) is 5.56 Å². The fourth-order valence-corrected chi connectivity index (χ4v) is 6.65. The molecule has 0 aliphatic carbocycles. The van der Waals surface area contributed by atoms with Crippen molar-refractivity contribution in [3.63, 3.8) is 0 Å². The van der Waals surface area contributed by atoms with Crippen LogP contribution >= 0.6 is 0 Å². The highest BCUT2D eigenvalue weighted by Crippen LogP contribution is 2.51. The highest BCUT2D eigenvalue weighted by molar-refractivity contribution is 7.92. The van der Waals surface area contributed by atoms with Gasteiger partial charge in [-0.25, -0.2) is 17.6 Å². The summed E-state index contributed by atoms with van der Waals surface area (Å²) < 4.78 is 55.9. The number of ether oxygens (including phenoxy) is 2. The zero-order chi connectivity index (χ0) is 29.3. The molecule has 0 saturated carbocycles. The van der Waals surface area contributed by atoms with Gasteiger partial charge in [-0.1, -0.05) is 12.1 Å². The van der Waals surface area contributed by atoms with Crippen molar-refractivity contribution in [3.8, 4) is 28.1 Å². The average Bonchev–Trinajstić information content (AvgIpc) is 3.33. The maximum atomic E-state index is 15.5. The number of pyridine rings is 1. The third kappa shape index (κ3) is 4.46. The Labute approximate surface area is 231 Å². The molecule has 0 fully saturated rings. The number of aliphatic carboxylic acids is 1. The fraction of sp³-hybridized carbons (Fsp3) is 0.379. The molecule has 40 heavy (non-hydrogen) atoms. The number of fused-ring (bicyclic) bond motifs is 4. The number of benzene rings is 2. The van der Waals surface area contributed by atoms with E-state index in [2.05, 4.69) is 0 Å². The van der Waals surface area contributed by atoms with Crippen LogP contribution in [0.2, 0.25) is 0 Å². The highest BCUT2D eigenvalue weighted by Gasteiger charge is 2.40. The molecule has 0 radical (unpaired) electrons. The fourth-order valence-electron chi connectivity index (χ4n) is 5.71.